The van der Waals surface area contributed by atoms with Crippen LogP contribution in [0, 0.1) is 17.8 Å². The third kappa shape index (κ3) is 4.56. The number of hydrogen-bond acceptors (Lipinski definition) is 1. The van der Waals surface area contributed by atoms with Crippen molar-refractivity contribution in [1.29, 1.82) is 0 Å². The first-order valence-corrected chi connectivity index (χ1v) is 5.32. The van der Waals surface area contributed by atoms with Gasteiger partial charge in [0.1, 0.15) is 0 Å². The van der Waals surface area contributed by atoms with Crippen molar-refractivity contribution < 1.29 is 0 Å². The average molecular weight is 201 g/mol. The maximum absolute atomic E-state index is 5.34. The molecule has 0 fully saturated rings. The van der Waals surface area contributed by atoms with E-state index in [-0.39, 0.29) is 0 Å². The van der Waals surface area contributed by atoms with E-state index in [2.05, 4.69) is 32.0 Å². The molecule has 15 heavy (non-hydrogen) atoms. The SMILES string of the molecule is C#Cc1cccc(NCCC(C)(C)C)c1. The van der Waals surface area contributed by atoms with Gasteiger partial charge in [-0.15, -0.1) is 6.42 Å². The third-order valence-electron chi connectivity index (χ3n) is 2.23. The van der Waals surface area contributed by atoms with Crippen molar-refractivity contribution in [1.82, 2.24) is 0 Å². The van der Waals surface area contributed by atoms with Crippen LogP contribution in [0.2, 0.25) is 0 Å². The molecule has 0 radical (unpaired) electrons. The van der Waals surface area contributed by atoms with Gasteiger partial charge in [-0.05, 0) is 30.0 Å². The van der Waals surface area contributed by atoms with Gasteiger partial charge in [0.2, 0.25) is 0 Å². The molecule has 0 aliphatic carbocycles. The van der Waals surface area contributed by atoms with Gasteiger partial charge in [0.25, 0.3) is 0 Å². The summed E-state index contributed by atoms with van der Waals surface area (Å²) < 4.78 is 0. The number of anilines is 1. The summed E-state index contributed by atoms with van der Waals surface area (Å²) in [6.07, 6.45) is 6.48. The summed E-state index contributed by atoms with van der Waals surface area (Å²) in [6.45, 7) is 7.71. The lowest BCUT2D eigenvalue weighted by atomic mass is 9.92. The topological polar surface area (TPSA) is 12.0 Å². The van der Waals surface area contributed by atoms with Gasteiger partial charge in [-0.2, -0.15) is 0 Å². The number of terminal acetylenes is 1. The Labute approximate surface area is 92.9 Å². The molecule has 1 N–H and O–H groups in total. The van der Waals surface area contributed by atoms with Crippen LogP contribution in [0.25, 0.3) is 0 Å². The predicted molar refractivity (Wildman–Crippen MR) is 66.9 cm³/mol. The van der Waals surface area contributed by atoms with E-state index >= 15 is 0 Å². The van der Waals surface area contributed by atoms with E-state index in [1.807, 2.05) is 24.3 Å². The van der Waals surface area contributed by atoms with Crippen LogP contribution in [0.1, 0.15) is 32.8 Å². The minimum absolute atomic E-state index is 0.372. The molecule has 0 unspecified atom stereocenters. The molecule has 1 heteroatoms. The molecule has 0 aromatic heterocycles. The monoisotopic (exact) mass is 201 g/mol. The van der Waals surface area contributed by atoms with Crippen molar-refractivity contribution in [2.45, 2.75) is 27.2 Å². The normalized spacial score (nSPS) is 10.8. The number of rotatable bonds is 3. The molecule has 0 aliphatic rings. The minimum atomic E-state index is 0.372. The molecule has 0 aliphatic heterocycles. The Kier molecular flexibility index (Phi) is 3.80. The molecule has 0 saturated carbocycles. The van der Waals surface area contributed by atoms with Crippen molar-refractivity contribution in [2.24, 2.45) is 5.41 Å². The van der Waals surface area contributed by atoms with Crippen LogP contribution in [0.4, 0.5) is 5.69 Å². The van der Waals surface area contributed by atoms with Gasteiger partial charge in [-0.1, -0.05) is 32.8 Å². The van der Waals surface area contributed by atoms with Crippen LogP contribution < -0.4 is 5.32 Å². The number of nitrogens with one attached hydrogen (secondary N) is 1. The van der Waals surface area contributed by atoms with Gasteiger partial charge >= 0.3 is 0 Å². The van der Waals surface area contributed by atoms with E-state index in [1.54, 1.807) is 0 Å². The lowest BCUT2D eigenvalue weighted by Gasteiger charge is -2.18. The number of benzene rings is 1. The molecule has 0 bridgehead atoms. The van der Waals surface area contributed by atoms with E-state index in [0.29, 0.717) is 5.41 Å². The molecule has 1 aromatic rings. The molecular formula is C14H19N. The zero-order chi connectivity index (χ0) is 11.3. The van der Waals surface area contributed by atoms with Gasteiger partial charge < -0.3 is 5.32 Å². The molecule has 0 atom stereocenters. The highest BCUT2D eigenvalue weighted by atomic mass is 14.9. The first-order chi connectivity index (χ1) is 7.01. The average Bonchev–Trinajstić information content (AvgIpc) is 2.16. The van der Waals surface area contributed by atoms with Gasteiger partial charge in [0.15, 0.2) is 0 Å². The fraction of sp³-hybridized carbons (Fsp3) is 0.429. The third-order valence-corrected chi connectivity index (χ3v) is 2.23. The fourth-order valence-corrected chi connectivity index (χ4v) is 1.30. The van der Waals surface area contributed by atoms with E-state index < -0.39 is 0 Å². The molecule has 0 heterocycles. The maximum atomic E-state index is 5.34. The number of hydrogen-bond donors (Lipinski definition) is 1. The van der Waals surface area contributed by atoms with E-state index in [4.69, 9.17) is 6.42 Å². The first kappa shape index (κ1) is 11.7. The summed E-state index contributed by atoms with van der Waals surface area (Å²) in [4.78, 5) is 0. The second-order valence-electron chi connectivity index (χ2n) is 4.96. The largest absolute Gasteiger partial charge is 0.385 e. The van der Waals surface area contributed by atoms with E-state index in [1.165, 1.54) is 0 Å². The van der Waals surface area contributed by atoms with E-state index in [0.717, 1.165) is 24.2 Å². The maximum Gasteiger partial charge on any atom is 0.0352 e. The lowest BCUT2D eigenvalue weighted by molar-refractivity contribution is 0.390. The molecule has 0 amide bonds. The van der Waals surface area contributed by atoms with E-state index in [9.17, 15) is 0 Å². The van der Waals surface area contributed by atoms with Crippen LogP contribution in [-0.2, 0) is 0 Å². The Bertz CT molecular complexity index is 352. The predicted octanol–water partition coefficient (Wildman–Crippen LogP) is 3.52. The van der Waals surface area contributed by atoms with Crippen LogP contribution in [0.5, 0.6) is 0 Å². The molecule has 1 nitrogen and oxygen atoms in total. The van der Waals surface area contributed by atoms with Crippen molar-refractivity contribution in [3.05, 3.63) is 29.8 Å². The molecular weight excluding hydrogens is 182 g/mol. The van der Waals surface area contributed by atoms with Gasteiger partial charge in [-0.3, -0.25) is 0 Å². The van der Waals surface area contributed by atoms with Gasteiger partial charge in [0, 0.05) is 17.8 Å². The Balaban J connectivity index is 2.48. The summed E-state index contributed by atoms with van der Waals surface area (Å²) in [7, 11) is 0. The molecule has 0 spiro atoms. The van der Waals surface area contributed by atoms with Crippen LogP contribution in [0.3, 0.4) is 0 Å². The zero-order valence-electron chi connectivity index (χ0n) is 9.80. The standard InChI is InChI=1S/C14H19N/c1-5-12-7-6-8-13(11-12)15-10-9-14(2,3)4/h1,6-8,11,15H,9-10H2,2-4H3. The highest BCUT2D eigenvalue weighted by Gasteiger charge is 2.08. The summed E-state index contributed by atoms with van der Waals surface area (Å²) >= 11 is 0. The smallest absolute Gasteiger partial charge is 0.0352 e. The molecule has 80 valence electrons. The Hall–Kier alpha value is -1.42. The first-order valence-electron chi connectivity index (χ1n) is 5.32. The molecule has 1 rings (SSSR count). The van der Waals surface area contributed by atoms with Gasteiger partial charge in [0.05, 0.1) is 0 Å². The second-order valence-corrected chi connectivity index (χ2v) is 4.96. The minimum Gasteiger partial charge on any atom is -0.385 e. The van der Waals surface area contributed by atoms with Crippen LogP contribution >= 0.6 is 0 Å². The molecule has 0 saturated heterocycles. The molecule has 1 aromatic carbocycles. The summed E-state index contributed by atoms with van der Waals surface area (Å²) in [5.41, 5.74) is 2.40. The quantitative estimate of drug-likeness (QED) is 0.738. The Morgan fingerprint density at radius 3 is 2.67 bits per heavy atom. The Morgan fingerprint density at radius 2 is 2.07 bits per heavy atom. The van der Waals surface area contributed by atoms with Crippen molar-refractivity contribution in [2.75, 3.05) is 11.9 Å². The van der Waals surface area contributed by atoms with Crippen molar-refractivity contribution in [3.63, 3.8) is 0 Å². The van der Waals surface area contributed by atoms with Crippen LogP contribution in [-0.4, -0.2) is 6.54 Å². The van der Waals surface area contributed by atoms with Crippen molar-refractivity contribution >= 4 is 5.69 Å². The summed E-state index contributed by atoms with van der Waals surface area (Å²) in [5, 5.41) is 3.38. The highest BCUT2D eigenvalue weighted by molar-refractivity contribution is 5.49. The Morgan fingerprint density at radius 1 is 1.33 bits per heavy atom. The second kappa shape index (κ2) is 4.89. The van der Waals surface area contributed by atoms with Crippen molar-refractivity contribution in [3.8, 4) is 12.3 Å². The highest BCUT2D eigenvalue weighted by Crippen LogP contribution is 2.18. The fourth-order valence-electron chi connectivity index (χ4n) is 1.30. The summed E-state index contributed by atoms with van der Waals surface area (Å²) in [6, 6.07) is 7.97. The summed E-state index contributed by atoms with van der Waals surface area (Å²) in [5.74, 6) is 2.63. The lowest BCUT2D eigenvalue weighted by Crippen LogP contribution is -2.12. The zero-order valence-corrected chi connectivity index (χ0v) is 9.80. The van der Waals surface area contributed by atoms with Crippen LogP contribution in [0.15, 0.2) is 24.3 Å². The van der Waals surface area contributed by atoms with Gasteiger partial charge in [-0.25, -0.2) is 0 Å².